The van der Waals surface area contributed by atoms with Crippen LogP contribution in [0.4, 0.5) is 8.78 Å². The number of allylic oxidation sites excluding steroid dienone is 2. The summed E-state index contributed by atoms with van der Waals surface area (Å²) >= 11 is 0. The average Bonchev–Trinajstić information content (AvgIpc) is 2.26. The molecule has 0 aliphatic carbocycles. The van der Waals surface area contributed by atoms with E-state index in [1.54, 1.807) is 19.9 Å². The van der Waals surface area contributed by atoms with Gasteiger partial charge in [0.05, 0.1) is 5.56 Å². The summed E-state index contributed by atoms with van der Waals surface area (Å²) in [6.07, 6.45) is 1.62. The molecule has 0 atom stereocenters. The van der Waals surface area contributed by atoms with Crippen molar-refractivity contribution in [3.63, 3.8) is 0 Å². The average molecular weight is 220 g/mol. The van der Waals surface area contributed by atoms with E-state index in [1.165, 1.54) is 6.07 Å². The maximum Gasteiger partial charge on any atom is 0.231 e. The molecule has 0 fully saturated rings. The molecule has 0 aliphatic heterocycles. The first kappa shape index (κ1) is 12.1. The van der Waals surface area contributed by atoms with Crippen LogP contribution in [0.5, 0.6) is 0 Å². The topological polar surface area (TPSA) is 17.1 Å². The standard InChI is InChI=1S/C13H10F2O/c1-3-9(2)13(16)7-5-10-4-6-11(14)8-12(10)15/h3-4,6,8H,1-2H3. The van der Waals surface area contributed by atoms with Gasteiger partial charge >= 0.3 is 0 Å². The first-order chi connectivity index (χ1) is 7.54. The van der Waals surface area contributed by atoms with Crippen LogP contribution in [0.3, 0.4) is 0 Å². The summed E-state index contributed by atoms with van der Waals surface area (Å²) in [6.45, 7) is 3.34. The number of carbonyl (C=O) groups is 1. The molecular formula is C13H10F2O. The lowest BCUT2D eigenvalue weighted by Gasteiger charge is -1.93. The zero-order chi connectivity index (χ0) is 12.1. The fourth-order valence-corrected chi connectivity index (χ4v) is 0.945. The molecule has 0 aliphatic rings. The Morgan fingerprint density at radius 1 is 1.38 bits per heavy atom. The Bertz CT molecular complexity index is 504. The van der Waals surface area contributed by atoms with Gasteiger partial charge in [0.15, 0.2) is 0 Å². The Kier molecular flexibility index (Phi) is 3.96. The van der Waals surface area contributed by atoms with Crippen LogP contribution in [-0.2, 0) is 4.79 Å². The second kappa shape index (κ2) is 5.22. The van der Waals surface area contributed by atoms with E-state index in [-0.39, 0.29) is 11.3 Å². The van der Waals surface area contributed by atoms with E-state index in [0.717, 1.165) is 12.1 Å². The van der Waals surface area contributed by atoms with Gasteiger partial charge in [-0.1, -0.05) is 12.0 Å². The van der Waals surface area contributed by atoms with Crippen molar-refractivity contribution in [3.05, 3.63) is 47.0 Å². The van der Waals surface area contributed by atoms with Gasteiger partial charge in [-0.3, -0.25) is 4.79 Å². The third-order valence-electron chi connectivity index (χ3n) is 2.03. The van der Waals surface area contributed by atoms with Crippen LogP contribution >= 0.6 is 0 Å². The number of Topliss-reactive ketones (excluding diaryl/α,β-unsaturated/α-hetero) is 1. The quantitative estimate of drug-likeness (QED) is 0.525. The Labute approximate surface area is 92.8 Å². The first-order valence-electron chi connectivity index (χ1n) is 4.69. The molecule has 0 saturated carbocycles. The lowest BCUT2D eigenvalue weighted by molar-refractivity contribution is -0.110. The van der Waals surface area contributed by atoms with Gasteiger partial charge in [-0.2, -0.15) is 0 Å². The van der Waals surface area contributed by atoms with Crippen molar-refractivity contribution in [2.75, 3.05) is 0 Å². The predicted octanol–water partition coefficient (Wildman–Crippen LogP) is 2.85. The molecule has 0 saturated heterocycles. The van der Waals surface area contributed by atoms with Crippen LogP contribution in [0.2, 0.25) is 0 Å². The number of halogens is 2. The summed E-state index contributed by atoms with van der Waals surface area (Å²) < 4.78 is 25.7. The summed E-state index contributed by atoms with van der Waals surface area (Å²) in [7, 11) is 0. The Hall–Kier alpha value is -1.95. The van der Waals surface area contributed by atoms with Crippen molar-refractivity contribution < 1.29 is 13.6 Å². The fourth-order valence-electron chi connectivity index (χ4n) is 0.945. The maximum absolute atomic E-state index is 13.1. The number of hydrogen-bond donors (Lipinski definition) is 0. The second-order valence-corrected chi connectivity index (χ2v) is 3.17. The van der Waals surface area contributed by atoms with E-state index in [9.17, 15) is 13.6 Å². The lowest BCUT2D eigenvalue weighted by Crippen LogP contribution is -1.95. The molecule has 1 aromatic rings. The smallest absolute Gasteiger partial charge is 0.231 e. The molecule has 0 spiro atoms. The van der Waals surface area contributed by atoms with Gasteiger partial charge in [0, 0.05) is 11.6 Å². The van der Waals surface area contributed by atoms with Crippen molar-refractivity contribution in [1.29, 1.82) is 0 Å². The van der Waals surface area contributed by atoms with Crippen molar-refractivity contribution >= 4 is 5.78 Å². The van der Waals surface area contributed by atoms with Gasteiger partial charge in [-0.25, -0.2) is 8.78 Å². The van der Waals surface area contributed by atoms with Crippen LogP contribution in [0.1, 0.15) is 19.4 Å². The molecule has 3 heteroatoms. The predicted molar refractivity (Wildman–Crippen MR) is 57.7 cm³/mol. The third-order valence-corrected chi connectivity index (χ3v) is 2.03. The monoisotopic (exact) mass is 220 g/mol. The highest BCUT2D eigenvalue weighted by atomic mass is 19.1. The molecule has 0 unspecified atom stereocenters. The minimum Gasteiger partial charge on any atom is -0.280 e. The summed E-state index contributed by atoms with van der Waals surface area (Å²) in [5.41, 5.74) is 0.508. The van der Waals surface area contributed by atoms with E-state index >= 15 is 0 Å². The summed E-state index contributed by atoms with van der Waals surface area (Å²) in [4.78, 5) is 11.3. The highest BCUT2D eigenvalue weighted by Gasteiger charge is 2.01. The van der Waals surface area contributed by atoms with Gasteiger partial charge in [0.1, 0.15) is 11.6 Å². The van der Waals surface area contributed by atoms with E-state index in [2.05, 4.69) is 11.8 Å². The zero-order valence-corrected chi connectivity index (χ0v) is 8.97. The molecule has 0 aromatic heterocycles. The number of benzene rings is 1. The highest BCUT2D eigenvalue weighted by molar-refractivity contribution is 6.08. The Morgan fingerprint density at radius 2 is 2.06 bits per heavy atom. The number of ketones is 1. The molecule has 0 radical (unpaired) electrons. The lowest BCUT2D eigenvalue weighted by atomic mass is 10.1. The van der Waals surface area contributed by atoms with Gasteiger partial charge in [-0.15, -0.1) is 0 Å². The van der Waals surface area contributed by atoms with Crippen LogP contribution in [0.15, 0.2) is 29.8 Å². The molecular weight excluding hydrogens is 210 g/mol. The SMILES string of the molecule is CC=C(C)C(=O)C#Cc1ccc(F)cc1F. The van der Waals surface area contributed by atoms with E-state index in [0.29, 0.717) is 5.57 Å². The molecule has 82 valence electrons. The summed E-state index contributed by atoms with van der Waals surface area (Å²) in [6, 6.07) is 3.03. The first-order valence-corrected chi connectivity index (χ1v) is 4.69. The van der Waals surface area contributed by atoms with E-state index in [4.69, 9.17) is 0 Å². The molecule has 1 aromatic carbocycles. The molecule has 0 N–H and O–H groups in total. The van der Waals surface area contributed by atoms with E-state index < -0.39 is 11.6 Å². The van der Waals surface area contributed by atoms with Crippen LogP contribution in [-0.4, -0.2) is 5.78 Å². The number of hydrogen-bond acceptors (Lipinski definition) is 1. The number of carbonyl (C=O) groups excluding carboxylic acids is 1. The van der Waals surface area contributed by atoms with Crippen molar-refractivity contribution in [1.82, 2.24) is 0 Å². The second-order valence-electron chi connectivity index (χ2n) is 3.17. The minimum absolute atomic E-state index is 0.0126. The normalized spacial score (nSPS) is 10.6. The molecule has 16 heavy (non-hydrogen) atoms. The number of rotatable bonds is 1. The van der Waals surface area contributed by atoms with Gasteiger partial charge < -0.3 is 0 Å². The van der Waals surface area contributed by atoms with Crippen molar-refractivity contribution in [3.8, 4) is 11.8 Å². The third kappa shape index (κ3) is 3.03. The molecule has 1 rings (SSSR count). The maximum atomic E-state index is 13.1. The molecule has 0 bridgehead atoms. The van der Waals surface area contributed by atoms with Gasteiger partial charge in [0.2, 0.25) is 5.78 Å². The highest BCUT2D eigenvalue weighted by Crippen LogP contribution is 2.07. The molecule has 0 amide bonds. The molecule has 0 heterocycles. The van der Waals surface area contributed by atoms with Crippen molar-refractivity contribution in [2.45, 2.75) is 13.8 Å². The van der Waals surface area contributed by atoms with Crippen LogP contribution in [0.25, 0.3) is 0 Å². The minimum atomic E-state index is -0.765. The van der Waals surface area contributed by atoms with Crippen LogP contribution < -0.4 is 0 Å². The zero-order valence-electron chi connectivity index (χ0n) is 8.97. The Balaban J connectivity index is 2.98. The summed E-state index contributed by atoms with van der Waals surface area (Å²) in [5.74, 6) is 2.86. The van der Waals surface area contributed by atoms with Crippen LogP contribution in [0, 0.1) is 23.5 Å². The van der Waals surface area contributed by atoms with Crippen molar-refractivity contribution in [2.24, 2.45) is 0 Å². The fraction of sp³-hybridized carbons (Fsp3) is 0.154. The summed E-state index contributed by atoms with van der Waals surface area (Å²) in [5, 5.41) is 0. The van der Waals surface area contributed by atoms with Gasteiger partial charge in [0.25, 0.3) is 0 Å². The van der Waals surface area contributed by atoms with Gasteiger partial charge in [-0.05, 0) is 31.9 Å². The Morgan fingerprint density at radius 3 is 2.62 bits per heavy atom. The largest absolute Gasteiger partial charge is 0.280 e. The molecule has 1 nitrogen and oxygen atoms in total. The van der Waals surface area contributed by atoms with E-state index in [1.807, 2.05) is 0 Å².